The lowest BCUT2D eigenvalue weighted by atomic mass is 9.73. The van der Waals surface area contributed by atoms with Crippen LogP contribution in [-0.4, -0.2) is 65.9 Å². The summed E-state index contributed by atoms with van der Waals surface area (Å²) in [7, 11) is 0. The smallest absolute Gasteiger partial charge is 0.326 e. The number of rotatable bonds is 8. The van der Waals surface area contributed by atoms with Crippen molar-refractivity contribution in [1.29, 1.82) is 0 Å². The van der Waals surface area contributed by atoms with Crippen LogP contribution >= 0.6 is 0 Å². The van der Waals surface area contributed by atoms with Crippen LogP contribution in [0.1, 0.15) is 52.9 Å². The third kappa shape index (κ3) is 5.24. The average molecular weight is 410 g/mol. The summed E-state index contributed by atoms with van der Waals surface area (Å²) < 4.78 is 4.87. The van der Waals surface area contributed by atoms with Crippen molar-refractivity contribution in [2.24, 2.45) is 5.92 Å². The molecule has 3 N–H and O–H groups in total. The van der Waals surface area contributed by atoms with E-state index in [0.29, 0.717) is 13.0 Å². The van der Waals surface area contributed by atoms with Crippen molar-refractivity contribution in [1.82, 2.24) is 20.9 Å². The molecular weight excluding hydrogens is 380 g/mol. The fourth-order valence-corrected chi connectivity index (χ4v) is 3.71. The Labute approximate surface area is 170 Å². The van der Waals surface area contributed by atoms with Crippen LogP contribution in [0.25, 0.3) is 0 Å². The van der Waals surface area contributed by atoms with Gasteiger partial charge >= 0.3 is 12.0 Å². The molecule has 5 amide bonds. The zero-order chi connectivity index (χ0) is 21.6. The van der Waals surface area contributed by atoms with Crippen LogP contribution < -0.4 is 16.0 Å². The molecule has 0 aromatic rings. The van der Waals surface area contributed by atoms with E-state index in [9.17, 15) is 24.0 Å². The van der Waals surface area contributed by atoms with Gasteiger partial charge in [-0.2, -0.15) is 0 Å². The maximum Gasteiger partial charge on any atom is 0.326 e. The number of nitrogens with one attached hydrogen (secondary N) is 3. The Morgan fingerprint density at radius 3 is 2.69 bits per heavy atom. The van der Waals surface area contributed by atoms with Gasteiger partial charge in [-0.1, -0.05) is 26.7 Å². The van der Waals surface area contributed by atoms with Crippen molar-refractivity contribution < 1.29 is 28.7 Å². The Bertz CT molecular complexity index is 682. The minimum Gasteiger partial charge on any atom is -0.454 e. The van der Waals surface area contributed by atoms with E-state index in [-0.39, 0.29) is 11.8 Å². The Morgan fingerprint density at radius 2 is 2.03 bits per heavy atom. The van der Waals surface area contributed by atoms with E-state index in [1.54, 1.807) is 0 Å². The van der Waals surface area contributed by atoms with E-state index in [1.165, 1.54) is 6.92 Å². The molecule has 1 aliphatic heterocycles. The summed E-state index contributed by atoms with van der Waals surface area (Å²) in [6.07, 6.45) is 3.98. The van der Waals surface area contributed by atoms with Gasteiger partial charge in [0.25, 0.3) is 11.8 Å². The summed E-state index contributed by atoms with van der Waals surface area (Å²) in [6, 6.07) is -1.39. The molecular formula is C19H30N4O6. The van der Waals surface area contributed by atoms with E-state index >= 15 is 0 Å². The number of carbonyl (C=O) groups excluding carboxylic acids is 5. The number of nitrogens with zero attached hydrogens (tertiary/aromatic N) is 1. The zero-order valence-corrected chi connectivity index (χ0v) is 17.2. The summed E-state index contributed by atoms with van der Waals surface area (Å²) in [5.74, 6) is -2.28. The molecule has 0 bridgehead atoms. The molecule has 2 rings (SSSR count). The van der Waals surface area contributed by atoms with Crippen molar-refractivity contribution >= 4 is 29.7 Å². The number of hydrogen-bond acceptors (Lipinski definition) is 6. The molecule has 162 valence electrons. The first-order chi connectivity index (χ1) is 13.7. The van der Waals surface area contributed by atoms with E-state index in [1.807, 2.05) is 13.8 Å². The van der Waals surface area contributed by atoms with Crippen molar-refractivity contribution in [2.45, 2.75) is 64.5 Å². The SMILES string of the molecule is CCCNC(=O)[C@H](C)NC(=O)COC(=O)CN1C(=O)N[C@@]2(CCCC[C@@H]2C)C1=O. The predicted octanol–water partition coefficient (Wildman–Crippen LogP) is 0.0612. The first-order valence-electron chi connectivity index (χ1n) is 10.1. The summed E-state index contributed by atoms with van der Waals surface area (Å²) in [5.41, 5.74) is -0.950. The molecule has 0 aromatic heterocycles. The second kappa shape index (κ2) is 9.71. The van der Waals surface area contributed by atoms with E-state index in [0.717, 1.165) is 30.6 Å². The van der Waals surface area contributed by atoms with Gasteiger partial charge < -0.3 is 20.7 Å². The first kappa shape index (κ1) is 22.6. The fourth-order valence-electron chi connectivity index (χ4n) is 3.71. The standard InChI is InChI=1S/C19H30N4O6/c1-4-9-20-16(26)13(3)21-14(24)11-29-15(25)10-23-17(27)19(22-18(23)28)8-6-5-7-12(19)2/h12-13H,4-11H2,1-3H3,(H,20,26)(H,21,24)(H,22,28)/t12-,13-,19+/m0/s1. The lowest BCUT2D eigenvalue weighted by Gasteiger charge is -2.36. The molecule has 10 nitrogen and oxygen atoms in total. The summed E-state index contributed by atoms with van der Waals surface area (Å²) >= 11 is 0. The highest BCUT2D eigenvalue weighted by atomic mass is 16.5. The molecule has 2 fully saturated rings. The van der Waals surface area contributed by atoms with Crippen LogP contribution in [0.4, 0.5) is 4.79 Å². The van der Waals surface area contributed by atoms with Crippen LogP contribution in [0.15, 0.2) is 0 Å². The number of carbonyl (C=O) groups is 5. The minimum absolute atomic E-state index is 0.0140. The third-order valence-electron chi connectivity index (χ3n) is 5.47. The first-order valence-corrected chi connectivity index (χ1v) is 10.1. The maximum atomic E-state index is 12.8. The second-order valence-corrected chi connectivity index (χ2v) is 7.68. The van der Waals surface area contributed by atoms with Gasteiger partial charge in [-0.3, -0.25) is 24.1 Å². The Morgan fingerprint density at radius 1 is 1.31 bits per heavy atom. The number of imide groups is 1. The van der Waals surface area contributed by atoms with Crippen molar-refractivity contribution in [2.75, 3.05) is 19.7 Å². The van der Waals surface area contributed by atoms with Gasteiger partial charge in [0.2, 0.25) is 5.91 Å². The number of amides is 5. The van der Waals surface area contributed by atoms with Crippen LogP contribution in [-0.2, 0) is 23.9 Å². The molecule has 1 saturated carbocycles. The minimum atomic E-state index is -0.950. The highest BCUT2D eigenvalue weighted by Gasteiger charge is 2.55. The molecule has 1 aliphatic carbocycles. The quantitative estimate of drug-likeness (QED) is 0.383. The van der Waals surface area contributed by atoms with Gasteiger partial charge in [0.15, 0.2) is 6.61 Å². The van der Waals surface area contributed by atoms with Crippen LogP contribution in [0.2, 0.25) is 0 Å². The third-order valence-corrected chi connectivity index (χ3v) is 5.47. The van der Waals surface area contributed by atoms with E-state index in [2.05, 4.69) is 16.0 Å². The predicted molar refractivity (Wildman–Crippen MR) is 102 cm³/mol. The van der Waals surface area contributed by atoms with Crippen molar-refractivity contribution in [3.8, 4) is 0 Å². The van der Waals surface area contributed by atoms with Gasteiger partial charge in [0, 0.05) is 6.54 Å². The normalized spacial score (nSPS) is 24.8. The highest BCUT2D eigenvalue weighted by molar-refractivity contribution is 6.09. The van der Waals surface area contributed by atoms with Crippen molar-refractivity contribution in [3.05, 3.63) is 0 Å². The van der Waals surface area contributed by atoms with E-state index < -0.39 is 48.5 Å². The largest absolute Gasteiger partial charge is 0.454 e. The lowest BCUT2D eigenvalue weighted by molar-refractivity contribution is -0.151. The number of ether oxygens (including phenoxy) is 1. The van der Waals surface area contributed by atoms with Gasteiger partial charge in [-0.25, -0.2) is 4.79 Å². The molecule has 29 heavy (non-hydrogen) atoms. The maximum absolute atomic E-state index is 12.8. The number of esters is 1. The van der Waals surface area contributed by atoms with Crippen LogP contribution in [0, 0.1) is 5.92 Å². The van der Waals surface area contributed by atoms with Gasteiger partial charge in [-0.15, -0.1) is 0 Å². The van der Waals surface area contributed by atoms with Crippen LogP contribution in [0.3, 0.4) is 0 Å². The molecule has 0 unspecified atom stereocenters. The second-order valence-electron chi connectivity index (χ2n) is 7.68. The number of hydrogen-bond donors (Lipinski definition) is 3. The Balaban J connectivity index is 1.82. The lowest BCUT2D eigenvalue weighted by Crippen LogP contribution is -2.54. The molecule has 1 heterocycles. The molecule has 2 aliphatic rings. The number of urea groups is 1. The molecule has 1 saturated heterocycles. The van der Waals surface area contributed by atoms with Crippen LogP contribution in [0.5, 0.6) is 0 Å². The Hall–Kier alpha value is -2.65. The topological polar surface area (TPSA) is 134 Å². The molecule has 10 heteroatoms. The highest BCUT2D eigenvalue weighted by Crippen LogP contribution is 2.38. The van der Waals surface area contributed by atoms with Gasteiger partial charge in [0.1, 0.15) is 18.1 Å². The van der Waals surface area contributed by atoms with Crippen molar-refractivity contribution in [3.63, 3.8) is 0 Å². The van der Waals surface area contributed by atoms with Gasteiger partial charge in [-0.05, 0) is 32.1 Å². The molecule has 3 atom stereocenters. The Kier molecular flexibility index (Phi) is 7.58. The van der Waals surface area contributed by atoms with E-state index in [4.69, 9.17) is 4.74 Å². The average Bonchev–Trinajstić information content (AvgIpc) is 2.91. The zero-order valence-electron chi connectivity index (χ0n) is 17.2. The van der Waals surface area contributed by atoms with Gasteiger partial charge in [0.05, 0.1) is 0 Å². The summed E-state index contributed by atoms with van der Waals surface area (Å²) in [6.45, 7) is 4.68. The molecule has 0 aromatic carbocycles. The molecule has 1 spiro atoms. The monoisotopic (exact) mass is 410 g/mol. The summed E-state index contributed by atoms with van der Waals surface area (Å²) in [4.78, 5) is 61.5. The summed E-state index contributed by atoms with van der Waals surface area (Å²) in [5, 5.41) is 7.81. The molecule has 0 radical (unpaired) electrons. The fraction of sp³-hybridized carbons (Fsp3) is 0.737.